The van der Waals surface area contributed by atoms with Crippen LogP contribution in [0.2, 0.25) is 0 Å². The van der Waals surface area contributed by atoms with E-state index in [0.717, 1.165) is 22.3 Å². The summed E-state index contributed by atoms with van der Waals surface area (Å²) in [6.45, 7) is 1.30. The van der Waals surface area contributed by atoms with Gasteiger partial charge in [-0.3, -0.25) is 0 Å². The highest BCUT2D eigenvalue weighted by Gasteiger charge is 2.09. The second-order valence-electron chi connectivity index (χ2n) is 4.50. The summed E-state index contributed by atoms with van der Waals surface area (Å²) in [6.07, 6.45) is 1.77. The molecule has 1 aromatic carbocycles. The maximum absolute atomic E-state index is 13.4. The maximum atomic E-state index is 13.4. The molecule has 19 heavy (non-hydrogen) atoms. The molecule has 0 bridgehead atoms. The number of benzene rings is 1. The molecule has 1 aromatic heterocycles. The Morgan fingerprint density at radius 2 is 2.11 bits per heavy atom. The van der Waals surface area contributed by atoms with Crippen LogP contribution in [0.1, 0.15) is 0 Å². The van der Waals surface area contributed by atoms with E-state index in [2.05, 4.69) is 10.3 Å². The van der Waals surface area contributed by atoms with Gasteiger partial charge in [0.25, 0.3) is 0 Å². The standard InChI is InChI=1S/C14H18FN3O/c1-18(2)14-12-8-10(15)4-5-11(12)13(9-17-14)16-6-7-19-3/h4-5,8-9,16H,6-7H2,1-3H3. The van der Waals surface area contributed by atoms with E-state index in [0.29, 0.717) is 13.2 Å². The Morgan fingerprint density at radius 1 is 1.32 bits per heavy atom. The molecule has 2 rings (SSSR count). The number of hydrogen-bond acceptors (Lipinski definition) is 4. The van der Waals surface area contributed by atoms with E-state index in [1.807, 2.05) is 19.0 Å². The molecule has 0 saturated heterocycles. The number of aromatic nitrogens is 1. The van der Waals surface area contributed by atoms with Crippen molar-refractivity contribution in [1.29, 1.82) is 0 Å². The molecular formula is C14H18FN3O. The normalized spacial score (nSPS) is 10.7. The van der Waals surface area contributed by atoms with Gasteiger partial charge in [-0.1, -0.05) is 0 Å². The van der Waals surface area contributed by atoms with Gasteiger partial charge in [-0.2, -0.15) is 0 Å². The number of ether oxygens (including phenoxy) is 1. The van der Waals surface area contributed by atoms with Crippen molar-refractivity contribution in [2.75, 3.05) is 44.6 Å². The molecule has 2 aromatic rings. The number of hydrogen-bond donors (Lipinski definition) is 1. The van der Waals surface area contributed by atoms with Gasteiger partial charge in [0.2, 0.25) is 0 Å². The molecular weight excluding hydrogens is 245 g/mol. The first-order valence-electron chi connectivity index (χ1n) is 6.12. The predicted molar refractivity (Wildman–Crippen MR) is 76.4 cm³/mol. The van der Waals surface area contributed by atoms with Gasteiger partial charge in [-0.05, 0) is 18.2 Å². The second kappa shape index (κ2) is 5.84. The lowest BCUT2D eigenvalue weighted by Crippen LogP contribution is -2.13. The van der Waals surface area contributed by atoms with Crippen LogP contribution in [-0.2, 0) is 4.74 Å². The van der Waals surface area contributed by atoms with E-state index in [-0.39, 0.29) is 5.82 Å². The average molecular weight is 263 g/mol. The minimum absolute atomic E-state index is 0.258. The third-order valence-electron chi connectivity index (χ3n) is 2.87. The van der Waals surface area contributed by atoms with Crippen molar-refractivity contribution >= 4 is 22.3 Å². The summed E-state index contributed by atoms with van der Waals surface area (Å²) < 4.78 is 18.4. The highest BCUT2D eigenvalue weighted by Crippen LogP contribution is 2.29. The molecule has 0 spiro atoms. The first-order valence-corrected chi connectivity index (χ1v) is 6.12. The Labute approximate surface area is 112 Å². The SMILES string of the molecule is COCCNc1cnc(N(C)C)c2cc(F)ccc12. The molecule has 0 atom stereocenters. The van der Waals surface area contributed by atoms with Crippen LogP contribution in [0.3, 0.4) is 0 Å². The fourth-order valence-corrected chi connectivity index (χ4v) is 1.99. The van der Waals surface area contributed by atoms with E-state index >= 15 is 0 Å². The number of halogens is 1. The summed E-state index contributed by atoms with van der Waals surface area (Å²) in [5.41, 5.74) is 0.887. The first-order chi connectivity index (χ1) is 9.13. The van der Waals surface area contributed by atoms with Crippen molar-refractivity contribution in [2.24, 2.45) is 0 Å². The number of nitrogens with zero attached hydrogens (tertiary/aromatic N) is 2. The van der Waals surface area contributed by atoms with Gasteiger partial charge >= 0.3 is 0 Å². The third kappa shape index (κ3) is 2.93. The van der Waals surface area contributed by atoms with Crippen LogP contribution < -0.4 is 10.2 Å². The lowest BCUT2D eigenvalue weighted by atomic mass is 10.1. The maximum Gasteiger partial charge on any atom is 0.136 e. The molecule has 0 saturated carbocycles. The van der Waals surface area contributed by atoms with Crippen LogP contribution in [0.5, 0.6) is 0 Å². The molecule has 0 aliphatic rings. The zero-order valence-corrected chi connectivity index (χ0v) is 11.4. The van der Waals surface area contributed by atoms with Crippen LogP contribution in [-0.4, -0.2) is 39.3 Å². The molecule has 0 amide bonds. The zero-order chi connectivity index (χ0) is 13.8. The van der Waals surface area contributed by atoms with E-state index in [9.17, 15) is 4.39 Å². The van der Waals surface area contributed by atoms with Gasteiger partial charge in [-0.25, -0.2) is 9.37 Å². The largest absolute Gasteiger partial charge is 0.383 e. The summed E-state index contributed by atoms with van der Waals surface area (Å²) in [7, 11) is 5.44. The number of fused-ring (bicyclic) bond motifs is 1. The fraction of sp³-hybridized carbons (Fsp3) is 0.357. The summed E-state index contributed by atoms with van der Waals surface area (Å²) in [6, 6.07) is 4.75. The van der Waals surface area contributed by atoms with Crippen LogP contribution in [0.4, 0.5) is 15.9 Å². The number of rotatable bonds is 5. The molecule has 1 heterocycles. The summed E-state index contributed by atoms with van der Waals surface area (Å²) in [4.78, 5) is 6.26. The summed E-state index contributed by atoms with van der Waals surface area (Å²) >= 11 is 0. The Bertz CT molecular complexity index is 572. The molecule has 0 unspecified atom stereocenters. The highest BCUT2D eigenvalue weighted by atomic mass is 19.1. The van der Waals surface area contributed by atoms with Crippen LogP contribution >= 0.6 is 0 Å². The lowest BCUT2D eigenvalue weighted by molar-refractivity contribution is 0.211. The van der Waals surface area contributed by atoms with Crippen LogP contribution in [0, 0.1) is 5.82 Å². The molecule has 102 valence electrons. The smallest absolute Gasteiger partial charge is 0.136 e. The fourth-order valence-electron chi connectivity index (χ4n) is 1.99. The molecule has 0 aliphatic carbocycles. The first kappa shape index (κ1) is 13.5. The minimum atomic E-state index is -0.258. The van der Waals surface area contributed by atoms with Crippen LogP contribution in [0.25, 0.3) is 10.8 Å². The van der Waals surface area contributed by atoms with Gasteiger partial charge in [0.15, 0.2) is 0 Å². The van der Waals surface area contributed by atoms with Gasteiger partial charge in [0, 0.05) is 38.5 Å². The number of nitrogens with one attached hydrogen (secondary N) is 1. The van der Waals surface area contributed by atoms with Crippen molar-refractivity contribution in [1.82, 2.24) is 4.98 Å². The summed E-state index contributed by atoms with van der Waals surface area (Å²) in [5.74, 6) is 0.498. The molecule has 0 radical (unpaired) electrons. The van der Waals surface area contributed by atoms with Gasteiger partial charge in [0.05, 0.1) is 18.5 Å². The number of pyridine rings is 1. The minimum Gasteiger partial charge on any atom is -0.383 e. The highest BCUT2D eigenvalue weighted by molar-refractivity contribution is 6.00. The Morgan fingerprint density at radius 3 is 2.79 bits per heavy atom. The van der Waals surface area contributed by atoms with Crippen molar-refractivity contribution in [2.45, 2.75) is 0 Å². The Hall–Kier alpha value is -1.88. The third-order valence-corrected chi connectivity index (χ3v) is 2.87. The zero-order valence-electron chi connectivity index (χ0n) is 11.4. The van der Waals surface area contributed by atoms with Gasteiger partial charge < -0.3 is 15.0 Å². The molecule has 1 N–H and O–H groups in total. The summed E-state index contributed by atoms with van der Waals surface area (Å²) in [5, 5.41) is 5.00. The molecule has 0 aliphatic heterocycles. The van der Waals surface area contributed by atoms with Crippen molar-refractivity contribution < 1.29 is 9.13 Å². The predicted octanol–water partition coefficient (Wildman–Crippen LogP) is 2.50. The Kier molecular flexibility index (Phi) is 4.16. The van der Waals surface area contributed by atoms with Crippen molar-refractivity contribution in [3.8, 4) is 0 Å². The van der Waals surface area contributed by atoms with Gasteiger partial charge in [0.1, 0.15) is 11.6 Å². The molecule has 0 fully saturated rings. The average Bonchev–Trinajstić information content (AvgIpc) is 2.38. The van der Waals surface area contributed by atoms with E-state index in [1.54, 1.807) is 19.4 Å². The second-order valence-corrected chi connectivity index (χ2v) is 4.50. The van der Waals surface area contributed by atoms with Gasteiger partial charge in [-0.15, -0.1) is 0 Å². The quantitative estimate of drug-likeness (QED) is 0.841. The van der Waals surface area contributed by atoms with E-state index < -0.39 is 0 Å². The molecule has 5 heteroatoms. The number of methoxy groups -OCH3 is 1. The van der Waals surface area contributed by atoms with Crippen LogP contribution in [0.15, 0.2) is 24.4 Å². The van der Waals surface area contributed by atoms with Crippen molar-refractivity contribution in [3.05, 3.63) is 30.2 Å². The monoisotopic (exact) mass is 263 g/mol. The van der Waals surface area contributed by atoms with E-state index in [4.69, 9.17) is 4.74 Å². The van der Waals surface area contributed by atoms with E-state index in [1.165, 1.54) is 12.1 Å². The van der Waals surface area contributed by atoms with Crippen molar-refractivity contribution in [3.63, 3.8) is 0 Å². The lowest BCUT2D eigenvalue weighted by Gasteiger charge is -2.17. The topological polar surface area (TPSA) is 37.4 Å². The Balaban J connectivity index is 2.47. The molecule has 4 nitrogen and oxygen atoms in total. The number of anilines is 2.